The highest BCUT2D eigenvalue weighted by atomic mass is 16.4. The summed E-state index contributed by atoms with van der Waals surface area (Å²) in [5.74, 6) is -0.309. The topological polar surface area (TPSA) is 66.4 Å². The zero-order valence-electron chi connectivity index (χ0n) is 9.43. The number of carbonyl (C=O) groups is 2. The summed E-state index contributed by atoms with van der Waals surface area (Å²) >= 11 is 0. The monoisotopic (exact) mass is 233 g/mol. The molecule has 1 aromatic rings. The summed E-state index contributed by atoms with van der Waals surface area (Å²) in [5, 5.41) is 11.2. The lowest BCUT2D eigenvalue weighted by Crippen LogP contribution is -2.37. The molecule has 2 rings (SSSR count). The molecule has 1 fully saturated rings. The average Bonchev–Trinajstić information content (AvgIpc) is 3.13. The molecule has 90 valence electrons. The molecule has 17 heavy (non-hydrogen) atoms. The van der Waals surface area contributed by atoms with Gasteiger partial charge in [0.1, 0.15) is 6.04 Å². The van der Waals surface area contributed by atoms with Crippen LogP contribution in [0.5, 0.6) is 0 Å². The second-order valence-corrected chi connectivity index (χ2v) is 4.40. The van der Waals surface area contributed by atoms with E-state index in [1.807, 2.05) is 24.3 Å². The SMILES string of the molecule is O=CNC(Cc1ccc(C2CC2)cc1)C(=O)O. The predicted molar refractivity (Wildman–Crippen MR) is 62.7 cm³/mol. The van der Waals surface area contributed by atoms with Crippen molar-refractivity contribution in [1.82, 2.24) is 5.32 Å². The van der Waals surface area contributed by atoms with Crippen molar-refractivity contribution < 1.29 is 14.7 Å². The highest BCUT2D eigenvalue weighted by Crippen LogP contribution is 2.39. The number of hydrogen-bond acceptors (Lipinski definition) is 2. The molecule has 0 aromatic heterocycles. The van der Waals surface area contributed by atoms with Crippen LogP contribution in [-0.4, -0.2) is 23.5 Å². The van der Waals surface area contributed by atoms with Crippen LogP contribution in [0.25, 0.3) is 0 Å². The van der Waals surface area contributed by atoms with Crippen molar-refractivity contribution in [2.45, 2.75) is 31.2 Å². The Morgan fingerprint density at radius 3 is 2.53 bits per heavy atom. The number of aliphatic carboxylic acids is 1. The van der Waals surface area contributed by atoms with E-state index in [0.717, 1.165) is 5.56 Å². The molecule has 0 bridgehead atoms. The molecule has 1 amide bonds. The Bertz CT molecular complexity index is 409. The molecule has 1 aliphatic rings. The summed E-state index contributed by atoms with van der Waals surface area (Å²) in [6, 6.07) is 7.13. The van der Waals surface area contributed by atoms with Crippen molar-refractivity contribution in [3.05, 3.63) is 35.4 Å². The second kappa shape index (κ2) is 4.99. The number of carboxylic acids is 1. The van der Waals surface area contributed by atoms with Gasteiger partial charge in [-0.15, -0.1) is 0 Å². The minimum atomic E-state index is -1.01. The van der Waals surface area contributed by atoms with Crippen LogP contribution in [0, 0.1) is 0 Å². The largest absolute Gasteiger partial charge is 0.480 e. The summed E-state index contributed by atoms with van der Waals surface area (Å²) in [5.41, 5.74) is 2.25. The first kappa shape index (κ1) is 11.6. The first-order valence-electron chi connectivity index (χ1n) is 5.72. The van der Waals surface area contributed by atoms with E-state index in [9.17, 15) is 9.59 Å². The van der Waals surface area contributed by atoms with E-state index >= 15 is 0 Å². The molecule has 0 spiro atoms. The molecule has 1 atom stereocenters. The van der Waals surface area contributed by atoms with Crippen molar-refractivity contribution in [1.29, 1.82) is 0 Å². The fraction of sp³-hybridized carbons (Fsp3) is 0.385. The molecule has 1 unspecified atom stereocenters. The molecule has 1 aromatic carbocycles. The van der Waals surface area contributed by atoms with Gasteiger partial charge >= 0.3 is 5.97 Å². The lowest BCUT2D eigenvalue weighted by molar-refractivity contribution is -0.140. The van der Waals surface area contributed by atoms with E-state index in [2.05, 4.69) is 5.32 Å². The van der Waals surface area contributed by atoms with Crippen LogP contribution in [0.1, 0.15) is 29.9 Å². The molecular formula is C13H15NO3. The third-order valence-electron chi connectivity index (χ3n) is 3.04. The zero-order chi connectivity index (χ0) is 12.3. The van der Waals surface area contributed by atoms with Crippen LogP contribution >= 0.6 is 0 Å². The van der Waals surface area contributed by atoms with Gasteiger partial charge < -0.3 is 10.4 Å². The number of nitrogens with one attached hydrogen (secondary N) is 1. The summed E-state index contributed by atoms with van der Waals surface area (Å²) in [6.07, 6.45) is 3.25. The lowest BCUT2D eigenvalue weighted by atomic mass is 10.0. The van der Waals surface area contributed by atoms with Crippen LogP contribution in [0.4, 0.5) is 0 Å². The minimum Gasteiger partial charge on any atom is -0.480 e. The fourth-order valence-corrected chi connectivity index (χ4v) is 1.88. The van der Waals surface area contributed by atoms with Gasteiger partial charge in [0, 0.05) is 6.42 Å². The van der Waals surface area contributed by atoms with E-state index in [1.165, 1.54) is 18.4 Å². The maximum absolute atomic E-state index is 10.9. The van der Waals surface area contributed by atoms with Gasteiger partial charge in [-0.1, -0.05) is 24.3 Å². The first-order chi connectivity index (χ1) is 8.20. The smallest absolute Gasteiger partial charge is 0.326 e. The number of amides is 1. The highest BCUT2D eigenvalue weighted by Gasteiger charge is 2.23. The summed E-state index contributed by atoms with van der Waals surface area (Å²) in [4.78, 5) is 21.1. The summed E-state index contributed by atoms with van der Waals surface area (Å²) < 4.78 is 0. The number of carboxylic acid groups (broad SMARTS) is 1. The highest BCUT2D eigenvalue weighted by molar-refractivity contribution is 5.76. The summed E-state index contributed by atoms with van der Waals surface area (Å²) in [6.45, 7) is 0. The van der Waals surface area contributed by atoms with Gasteiger partial charge in [0.15, 0.2) is 0 Å². The van der Waals surface area contributed by atoms with Crippen molar-refractivity contribution in [3.63, 3.8) is 0 Å². The molecule has 1 aliphatic carbocycles. The van der Waals surface area contributed by atoms with Gasteiger partial charge in [-0.05, 0) is 29.9 Å². The molecule has 1 saturated carbocycles. The maximum Gasteiger partial charge on any atom is 0.326 e. The van der Waals surface area contributed by atoms with Crippen LogP contribution < -0.4 is 5.32 Å². The van der Waals surface area contributed by atoms with Gasteiger partial charge in [0.2, 0.25) is 6.41 Å². The van der Waals surface area contributed by atoms with Gasteiger partial charge in [-0.3, -0.25) is 4.79 Å². The lowest BCUT2D eigenvalue weighted by Gasteiger charge is -2.11. The maximum atomic E-state index is 10.9. The molecule has 4 nitrogen and oxygen atoms in total. The van der Waals surface area contributed by atoms with Crippen LogP contribution in [0.3, 0.4) is 0 Å². The third-order valence-corrected chi connectivity index (χ3v) is 3.04. The molecule has 0 saturated heterocycles. The zero-order valence-corrected chi connectivity index (χ0v) is 9.43. The summed E-state index contributed by atoms with van der Waals surface area (Å²) in [7, 11) is 0. The molecule has 4 heteroatoms. The third kappa shape index (κ3) is 3.06. The Morgan fingerprint density at radius 1 is 1.41 bits per heavy atom. The van der Waals surface area contributed by atoms with Crippen LogP contribution in [-0.2, 0) is 16.0 Å². The number of carbonyl (C=O) groups excluding carboxylic acids is 1. The second-order valence-electron chi connectivity index (χ2n) is 4.40. The number of hydrogen-bond donors (Lipinski definition) is 2. The normalized spacial score (nSPS) is 16.2. The fourth-order valence-electron chi connectivity index (χ4n) is 1.88. The molecule has 0 heterocycles. The van der Waals surface area contributed by atoms with Crippen molar-refractivity contribution >= 4 is 12.4 Å². The van der Waals surface area contributed by atoms with E-state index in [4.69, 9.17) is 5.11 Å². The van der Waals surface area contributed by atoms with Gasteiger partial charge in [-0.25, -0.2) is 4.79 Å². The van der Waals surface area contributed by atoms with Crippen molar-refractivity contribution in [3.8, 4) is 0 Å². The van der Waals surface area contributed by atoms with Gasteiger partial charge in [0.05, 0.1) is 0 Å². The molecule has 2 N–H and O–H groups in total. The Hall–Kier alpha value is -1.84. The van der Waals surface area contributed by atoms with Crippen LogP contribution in [0.2, 0.25) is 0 Å². The molecule has 0 aliphatic heterocycles. The van der Waals surface area contributed by atoms with Crippen LogP contribution in [0.15, 0.2) is 24.3 Å². The Morgan fingerprint density at radius 2 is 2.06 bits per heavy atom. The van der Waals surface area contributed by atoms with E-state index < -0.39 is 12.0 Å². The quantitative estimate of drug-likeness (QED) is 0.728. The standard InChI is InChI=1S/C13H15NO3/c15-8-14-12(13(16)17)7-9-1-3-10(4-2-9)11-5-6-11/h1-4,8,11-12H,5-7H2,(H,14,15)(H,16,17). The van der Waals surface area contributed by atoms with Gasteiger partial charge in [-0.2, -0.15) is 0 Å². The van der Waals surface area contributed by atoms with E-state index in [1.54, 1.807) is 0 Å². The Labute approximate surface area is 99.6 Å². The van der Waals surface area contributed by atoms with Gasteiger partial charge in [0.25, 0.3) is 0 Å². The minimum absolute atomic E-state index is 0.318. The Balaban J connectivity index is 2.00. The predicted octanol–water partition coefficient (Wildman–Crippen LogP) is 1.31. The number of benzene rings is 1. The molecule has 0 radical (unpaired) electrons. The van der Waals surface area contributed by atoms with Crippen molar-refractivity contribution in [2.75, 3.05) is 0 Å². The first-order valence-corrected chi connectivity index (χ1v) is 5.72. The number of rotatable bonds is 6. The Kier molecular flexibility index (Phi) is 3.42. The van der Waals surface area contributed by atoms with E-state index in [0.29, 0.717) is 18.7 Å². The van der Waals surface area contributed by atoms with E-state index in [-0.39, 0.29) is 0 Å². The van der Waals surface area contributed by atoms with Crippen molar-refractivity contribution in [2.24, 2.45) is 0 Å². The molecular weight excluding hydrogens is 218 g/mol. The average molecular weight is 233 g/mol.